The summed E-state index contributed by atoms with van der Waals surface area (Å²) < 4.78 is 11.5. The quantitative estimate of drug-likeness (QED) is 0.884. The fraction of sp³-hybridized carbons (Fsp3) is 0.500. The lowest BCUT2D eigenvalue weighted by Gasteiger charge is -2.23. The van der Waals surface area contributed by atoms with Gasteiger partial charge in [0.05, 0.1) is 12.7 Å². The minimum absolute atomic E-state index is 0.127. The first-order chi connectivity index (χ1) is 8.74. The SMILES string of the molecule is CC(C)c1nc2cc(C3CNCCO3)ccc2o1. The highest BCUT2D eigenvalue weighted by atomic mass is 16.5. The van der Waals surface area contributed by atoms with E-state index in [9.17, 15) is 0 Å². The molecule has 18 heavy (non-hydrogen) atoms. The Kier molecular flexibility index (Phi) is 3.06. The monoisotopic (exact) mass is 246 g/mol. The predicted octanol–water partition coefficient (Wildman–Crippen LogP) is 2.61. The maximum absolute atomic E-state index is 5.75. The maximum atomic E-state index is 5.75. The predicted molar refractivity (Wildman–Crippen MR) is 69.7 cm³/mol. The molecule has 0 radical (unpaired) electrons. The van der Waals surface area contributed by atoms with Gasteiger partial charge in [0.1, 0.15) is 5.52 Å². The van der Waals surface area contributed by atoms with Gasteiger partial charge < -0.3 is 14.5 Å². The zero-order valence-corrected chi connectivity index (χ0v) is 10.8. The van der Waals surface area contributed by atoms with Crippen LogP contribution in [0.25, 0.3) is 11.1 Å². The molecule has 96 valence electrons. The minimum Gasteiger partial charge on any atom is -0.440 e. The molecule has 2 heterocycles. The normalized spacial score (nSPS) is 20.7. The van der Waals surface area contributed by atoms with Gasteiger partial charge in [0.2, 0.25) is 0 Å². The van der Waals surface area contributed by atoms with Crippen molar-refractivity contribution in [2.75, 3.05) is 19.7 Å². The molecule has 1 N–H and O–H groups in total. The first kappa shape index (κ1) is 11.7. The first-order valence-corrected chi connectivity index (χ1v) is 6.47. The lowest BCUT2D eigenvalue weighted by atomic mass is 10.1. The number of oxazole rings is 1. The summed E-state index contributed by atoms with van der Waals surface area (Å²) in [6.07, 6.45) is 0.127. The van der Waals surface area contributed by atoms with Gasteiger partial charge in [-0.1, -0.05) is 19.9 Å². The number of hydrogen-bond donors (Lipinski definition) is 1. The Labute approximate surface area is 106 Å². The van der Waals surface area contributed by atoms with Crippen LogP contribution >= 0.6 is 0 Å². The van der Waals surface area contributed by atoms with Gasteiger partial charge in [-0.3, -0.25) is 0 Å². The van der Waals surface area contributed by atoms with Crippen molar-refractivity contribution >= 4 is 11.1 Å². The van der Waals surface area contributed by atoms with Crippen molar-refractivity contribution in [2.24, 2.45) is 0 Å². The van der Waals surface area contributed by atoms with Crippen LogP contribution in [0.15, 0.2) is 22.6 Å². The van der Waals surface area contributed by atoms with Gasteiger partial charge in [0, 0.05) is 19.0 Å². The average Bonchev–Trinajstić information content (AvgIpc) is 2.82. The molecule has 0 spiro atoms. The number of rotatable bonds is 2. The summed E-state index contributed by atoms with van der Waals surface area (Å²) >= 11 is 0. The Balaban J connectivity index is 1.94. The van der Waals surface area contributed by atoms with Gasteiger partial charge in [0.15, 0.2) is 11.5 Å². The number of fused-ring (bicyclic) bond motifs is 1. The van der Waals surface area contributed by atoms with Crippen LogP contribution in [-0.4, -0.2) is 24.7 Å². The Bertz CT molecular complexity index is 542. The standard InChI is InChI=1S/C14H18N2O2/c1-9(2)14-16-11-7-10(3-4-12(11)18-14)13-8-15-5-6-17-13/h3-4,7,9,13,15H,5-6,8H2,1-2H3. The smallest absolute Gasteiger partial charge is 0.198 e. The number of nitrogens with one attached hydrogen (secondary N) is 1. The summed E-state index contributed by atoms with van der Waals surface area (Å²) in [6, 6.07) is 6.12. The van der Waals surface area contributed by atoms with E-state index in [1.165, 1.54) is 5.56 Å². The molecule has 2 aromatic rings. The van der Waals surface area contributed by atoms with Crippen LogP contribution in [0.3, 0.4) is 0 Å². The summed E-state index contributed by atoms with van der Waals surface area (Å²) in [4.78, 5) is 4.53. The highest BCUT2D eigenvalue weighted by Crippen LogP contribution is 2.26. The van der Waals surface area contributed by atoms with E-state index in [1.54, 1.807) is 0 Å². The fourth-order valence-corrected chi connectivity index (χ4v) is 2.19. The van der Waals surface area contributed by atoms with Crippen LogP contribution < -0.4 is 5.32 Å². The third-order valence-electron chi connectivity index (χ3n) is 3.22. The lowest BCUT2D eigenvalue weighted by molar-refractivity contribution is 0.0278. The molecular weight excluding hydrogens is 228 g/mol. The molecule has 0 aliphatic carbocycles. The average molecular weight is 246 g/mol. The first-order valence-electron chi connectivity index (χ1n) is 6.47. The molecule has 3 rings (SSSR count). The largest absolute Gasteiger partial charge is 0.440 e. The van der Waals surface area contributed by atoms with Gasteiger partial charge >= 0.3 is 0 Å². The topological polar surface area (TPSA) is 47.3 Å². The van der Waals surface area contributed by atoms with Gasteiger partial charge in [0.25, 0.3) is 0 Å². The fourth-order valence-electron chi connectivity index (χ4n) is 2.19. The van der Waals surface area contributed by atoms with Crippen molar-refractivity contribution in [2.45, 2.75) is 25.9 Å². The third kappa shape index (κ3) is 2.13. The molecule has 1 saturated heterocycles. The van der Waals surface area contributed by atoms with E-state index in [0.717, 1.165) is 36.7 Å². The van der Waals surface area contributed by atoms with Gasteiger partial charge in [-0.2, -0.15) is 0 Å². The van der Waals surface area contributed by atoms with Crippen molar-refractivity contribution in [3.05, 3.63) is 29.7 Å². The van der Waals surface area contributed by atoms with Crippen molar-refractivity contribution in [1.82, 2.24) is 10.3 Å². The molecule has 0 saturated carbocycles. The van der Waals surface area contributed by atoms with Crippen LogP contribution in [0.2, 0.25) is 0 Å². The van der Waals surface area contributed by atoms with Gasteiger partial charge in [-0.25, -0.2) is 4.98 Å². The zero-order chi connectivity index (χ0) is 12.5. The summed E-state index contributed by atoms with van der Waals surface area (Å²) in [5, 5.41) is 3.34. The molecule has 0 amide bonds. The van der Waals surface area contributed by atoms with Crippen molar-refractivity contribution in [3.8, 4) is 0 Å². The van der Waals surface area contributed by atoms with E-state index in [1.807, 2.05) is 6.07 Å². The minimum atomic E-state index is 0.127. The van der Waals surface area contributed by atoms with E-state index in [-0.39, 0.29) is 6.10 Å². The molecule has 0 bridgehead atoms. The van der Waals surface area contributed by atoms with E-state index >= 15 is 0 Å². The Morgan fingerprint density at radius 1 is 1.39 bits per heavy atom. The van der Waals surface area contributed by atoms with E-state index in [0.29, 0.717) is 5.92 Å². The number of aromatic nitrogens is 1. The lowest BCUT2D eigenvalue weighted by Crippen LogP contribution is -2.33. The highest BCUT2D eigenvalue weighted by Gasteiger charge is 2.17. The zero-order valence-electron chi connectivity index (χ0n) is 10.8. The summed E-state index contributed by atoms with van der Waals surface area (Å²) in [6.45, 7) is 6.72. The van der Waals surface area contributed by atoms with Crippen LogP contribution in [-0.2, 0) is 4.74 Å². The third-order valence-corrected chi connectivity index (χ3v) is 3.22. The molecule has 1 aliphatic rings. The molecule has 4 nitrogen and oxygen atoms in total. The van der Waals surface area contributed by atoms with Crippen LogP contribution in [0, 0.1) is 0 Å². The van der Waals surface area contributed by atoms with Crippen molar-refractivity contribution < 1.29 is 9.15 Å². The van der Waals surface area contributed by atoms with Crippen molar-refractivity contribution in [1.29, 1.82) is 0 Å². The number of benzene rings is 1. The highest BCUT2D eigenvalue weighted by molar-refractivity contribution is 5.73. The molecule has 1 aromatic carbocycles. The molecule has 1 aliphatic heterocycles. The molecule has 1 aromatic heterocycles. The number of ether oxygens (including phenoxy) is 1. The summed E-state index contributed by atoms with van der Waals surface area (Å²) in [7, 11) is 0. The molecule has 1 atom stereocenters. The van der Waals surface area contributed by atoms with Gasteiger partial charge in [-0.05, 0) is 17.7 Å². The van der Waals surface area contributed by atoms with Crippen molar-refractivity contribution in [3.63, 3.8) is 0 Å². The second-order valence-electron chi connectivity index (χ2n) is 5.00. The molecule has 1 fully saturated rings. The summed E-state index contributed by atoms with van der Waals surface area (Å²) in [5.74, 6) is 1.11. The van der Waals surface area contributed by atoms with Crippen LogP contribution in [0.1, 0.15) is 37.3 Å². The number of morpholine rings is 1. The molecule has 4 heteroatoms. The van der Waals surface area contributed by atoms with E-state index < -0.39 is 0 Å². The second kappa shape index (κ2) is 4.71. The Morgan fingerprint density at radius 2 is 2.28 bits per heavy atom. The number of hydrogen-bond acceptors (Lipinski definition) is 4. The van der Waals surface area contributed by atoms with E-state index in [2.05, 4.69) is 36.3 Å². The number of nitrogens with zero attached hydrogens (tertiary/aromatic N) is 1. The molecule has 1 unspecified atom stereocenters. The maximum Gasteiger partial charge on any atom is 0.198 e. The molecular formula is C14H18N2O2. The van der Waals surface area contributed by atoms with Crippen LogP contribution in [0.4, 0.5) is 0 Å². The Hall–Kier alpha value is -1.39. The Morgan fingerprint density at radius 3 is 3.00 bits per heavy atom. The van der Waals surface area contributed by atoms with Gasteiger partial charge in [-0.15, -0.1) is 0 Å². The van der Waals surface area contributed by atoms with Crippen LogP contribution in [0.5, 0.6) is 0 Å². The van der Waals surface area contributed by atoms with E-state index in [4.69, 9.17) is 9.15 Å². The summed E-state index contributed by atoms with van der Waals surface area (Å²) in [5.41, 5.74) is 2.94. The second-order valence-corrected chi connectivity index (χ2v) is 5.00.